The van der Waals surface area contributed by atoms with Crippen LogP contribution in [-0.4, -0.2) is 19.1 Å². The number of carbonyl (C=O) groups is 1. The van der Waals surface area contributed by atoms with Crippen LogP contribution in [0.25, 0.3) is 0 Å². The van der Waals surface area contributed by atoms with Gasteiger partial charge in [0.2, 0.25) is 0 Å². The fraction of sp³-hybridized carbons (Fsp3) is 0.632. The van der Waals surface area contributed by atoms with E-state index in [9.17, 15) is 9.18 Å². The van der Waals surface area contributed by atoms with E-state index in [1.807, 2.05) is 39.8 Å². The third-order valence-corrected chi connectivity index (χ3v) is 5.21. The summed E-state index contributed by atoms with van der Waals surface area (Å²) < 4.78 is 20.2. The van der Waals surface area contributed by atoms with Crippen molar-refractivity contribution in [1.29, 1.82) is 0 Å². The fourth-order valence-electron chi connectivity index (χ4n) is 3.03. The molecule has 0 amide bonds. The molecule has 1 aliphatic heterocycles. The van der Waals surface area contributed by atoms with Gasteiger partial charge in [-0.3, -0.25) is 4.79 Å². The van der Waals surface area contributed by atoms with Gasteiger partial charge >= 0.3 is 5.97 Å². The first-order valence-electron chi connectivity index (χ1n) is 8.38. The van der Waals surface area contributed by atoms with Crippen molar-refractivity contribution in [3.63, 3.8) is 0 Å². The van der Waals surface area contributed by atoms with Crippen molar-refractivity contribution < 1.29 is 13.9 Å². The van der Waals surface area contributed by atoms with Crippen LogP contribution in [-0.2, 0) is 28.9 Å². The highest BCUT2D eigenvalue weighted by Gasteiger charge is 2.46. The first kappa shape index (κ1) is 17.9. The number of benzene rings is 1. The van der Waals surface area contributed by atoms with Gasteiger partial charge in [0.15, 0.2) is 0 Å². The van der Waals surface area contributed by atoms with Crippen molar-refractivity contribution in [2.45, 2.75) is 54.0 Å². The van der Waals surface area contributed by atoms with Gasteiger partial charge in [0.05, 0.1) is 12.0 Å². The summed E-state index contributed by atoms with van der Waals surface area (Å²) in [4.78, 5) is 12.6. The Balaban J connectivity index is 2.39. The Morgan fingerprint density at radius 3 is 2.61 bits per heavy atom. The van der Waals surface area contributed by atoms with Crippen molar-refractivity contribution in [3.8, 4) is 0 Å². The minimum absolute atomic E-state index is 0.149. The molecule has 0 saturated heterocycles. The van der Waals surface area contributed by atoms with Gasteiger partial charge in [-0.1, -0.05) is 32.9 Å². The maximum atomic E-state index is 14.9. The lowest BCUT2D eigenvalue weighted by atomic mass is 9.64. The maximum Gasteiger partial charge on any atom is 0.312 e. The number of hydrogen-bond donors (Lipinski definition) is 1. The molecule has 1 N–H and O–H groups in total. The lowest BCUT2D eigenvalue weighted by Crippen LogP contribution is -2.43. The number of ether oxygens (including phenoxy) is 1. The molecule has 0 bridgehead atoms. The van der Waals surface area contributed by atoms with Crippen LogP contribution in [0.2, 0.25) is 0 Å². The summed E-state index contributed by atoms with van der Waals surface area (Å²) in [6.07, 6.45) is 1.04. The quantitative estimate of drug-likeness (QED) is 0.861. The second kappa shape index (κ2) is 6.60. The Bertz CT molecular complexity index is 592. The molecule has 1 heterocycles. The number of nitrogens with one attached hydrogen (secondary N) is 1. The first-order valence-corrected chi connectivity index (χ1v) is 8.38. The van der Waals surface area contributed by atoms with Crippen LogP contribution in [0.5, 0.6) is 0 Å². The van der Waals surface area contributed by atoms with Crippen LogP contribution in [0.15, 0.2) is 12.1 Å². The highest BCUT2D eigenvalue weighted by Crippen LogP contribution is 2.43. The van der Waals surface area contributed by atoms with Gasteiger partial charge in [0, 0.05) is 6.54 Å². The molecule has 1 aromatic carbocycles. The Morgan fingerprint density at radius 2 is 2.00 bits per heavy atom. The van der Waals surface area contributed by atoms with Gasteiger partial charge in [0.1, 0.15) is 5.82 Å². The van der Waals surface area contributed by atoms with E-state index in [-0.39, 0.29) is 17.2 Å². The monoisotopic (exact) mass is 321 g/mol. The molecule has 0 spiro atoms. The van der Waals surface area contributed by atoms with Gasteiger partial charge in [0.25, 0.3) is 0 Å². The summed E-state index contributed by atoms with van der Waals surface area (Å²) in [7, 11) is 0. The zero-order valence-corrected chi connectivity index (χ0v) is 14.9. The average molecular weight is 321 g/mol. The predicted octanol–water partition coefficient (Wildman–Crippen LogP) is 3.63. The number of esters is 1. The number of halogens is 1. The summed E-state index contributed by atoms with van der Waals surface area (Å²) in [5.41, 5.74) is 1.32. The van der Waals surface area contributed by atoms with Crippen LogP contribution in [0, 0.1) is 16.6 Å². The molecule has 1 unspecified atom stereocenters. The van der Waals surface area contributed by atoms with E-state index in [2.05, 4.69) is 5.32 Å². The van der Waals surface area contributed by atoms with Crippen LogP contribution in [0.1, 0.15) is 51.3 Å². The topological polar surface area (TPSA) is 38.3 Å². The van der Waals surface area contributed by atoms with Crippen molar-refractivity contribution in [2.24, 2.45) is 10.8 Å². The Labute approximate surface area is 138 Å². The average Bonchev–Trinajstić information content (AvgIpc) is 2.49. The van der Waals surface area contributed by atoms with Crippen LogP contribution < -0.4 is 5.32 Å². The summed E-state index contributed by atoms with van der Waals surface area (Å²) >= 11 is 0. The predicted molar refractivity (Wildman–Crippen MR) is 89.7 cm³/mol. The lowest BCUT2D eigenvalue weighted by molar-refractivity contribution is -0.161. The highest BCUT2D eigenvalue weighted by molar-refractivity contribution is 5.78. The first-order chi connectivity index (χ1) is 10.7. The van der Waals surface area contributed by atoms with Gasteiger partial charge in [-0.15, -0.1) is 0 Å². The van der Waals surface area contributed by atoms with Gasteiger partial charge in [-0.05, 0) is 55.3 Å². The smallest absolute Gasteiger partial charge is 0.312 e. The molecule has 128 valence electrons. The SMILES string of the molecule is CCOC(=O)C(C)(Cc1ccc2c(c1F)CCNC2)C(C)(C)C. The number of rotatable bonds is 4. The van der Waals surface area contributed by atoms with Gasteiger partial charge < -0.3 is 10.1 Å². The molecule has 3 nitrogen and oxygen atoms in total. The summed E-state index contributed by atoms with van der Waals surface area (Å²) in [5.74, 6) is -0.407. The molecule has 0 radical (unpaired) electrons. The molecule has 0 aliphatic carbocycles. The third kappa shape index (κ3) is 3.42. The van der Waals surface area contributed by atoms with Crippen molar-refractivity contribution >= 4 is 5.97 Å². The molecule has 1 aliphatic rings. The number of hydrogen-bond acceptors (Lipinski definition) is 3. The van der Waals surface area contributed by atoms with Crippen LogP contribution >= 0.6 is 0 Å². The maximum absolute atomic E-state index is 14.9. The van der Waals surface area contributed by atoms with Gasteiger partial charge in [-0.2, -0.15) is 0 Å². The summed E-state index contributed by atoms with van der Waals surface area (Å²) in [5, 5.41) is 3.25. The number of carbonyl (C=O) groups excluding carboxylic acids is 1. The second-order valence-electron chi connectivity index (χ2n) is 7.58. The fourth-order valence-corrected chi connectivity index (χ4v) is 3.03. The number of fused-ring (bicyclic) bond motifs is 1. The minimum atomic E-state index is -0.773. The molecular formula is C19H28FNO2. The molecular weight excluding hydrogens is 293 g/mol. The third-order valence-electron chi connectivity index (χ3n) is 5.21. The van der Waals surface area contributed by atoms with E-state index in [0.717, 1.165) is 17.7 Å². The Kier molecular flexibility index (Phi) is 5.14. The largest absolute Gasteiger partial charge is 0.466 e. The highest BCUT2D eigenvalue weighted by atomic mass is 19.1. The lowest BCUT2D eigenvalue weighted by Gasteiger charge is -2.40. The normalized spacial score (nSPS) is 17.3. The van der Waals surface area contributed by atoms with E-state index in [1.165, 1.54) is 0 Å². The molecule has 2 rings (SSSR count). The van der Waals surface area contributed by atoms with E-state index >= 15 is 0 Å². The Hall–Kier alpha value is -1.42. The summed E-state index contributed by atoms with van der Waals surface area (Å²) in [6.45, 7) is 11.5. The van der Waals surface area contributed by atoms with Gasteiger partial charge in [-0.25, -0.2) is 4.39 Å². The molecule has 0 fully saturated rings. The zero-order valence-electron chi connectivity index (χ0n) is 14.9. The van der Waals surface area contributed by atoms with E-state index in [4.69, 9.17) is 4.74 Å². The van der Waals surface area contributed by atoms with Crippen LogP contribution in [0.3, 0.4) is 0 Å². The molecule has 4 heteroatoms. The molecule has 0 saturated carbocycles. The van der Waals surface area contributed by atoms with E-state index < -0.39 is 5.41 Å². The zero-order chi connectivity index (χ0) is 17.3. The Morgan fingerprint density at radius 1 is 1.30 bits per heavy atom. The second-order valence-corrected chi connectivity index (χ2v) is 7.58. The minimum Gasteiger partial charge on any atom is -0.466 e. The standard InChI is InChI=1S/C19H28FNO2/c1-6-23-17(22)19(5,18(2,3)4)11-13-7-8-14-12-21-10-9-15(14)16(13)20/h7-8,21H,6,9-12H2,1-5H3. The van der Waals surface area contributed by atoms with Crippen molar-refractivity contribution in [3.05, 3.63) is 34.6 Å². The van der Waals surface area contributed by atoms with E-state index in [1.54, 1.807) is 6.92 Å². The van der Waals surface area contributed by atoms with Crippen LogP contribution in [0.4, 0.5) is 4.39 Å². The van der Waals surface area contributed by atoms with Crippen molar-refractivity contribution in [1.82, 2.24) is 5.32 Å². The molecule has 1 atom stereocenters. The molecule has 1 aromatic rings. The molecule has 23 heavy (non-hydrogen) atoms. The molecule has 0 aromatic heterocycles. The summed E-state index contributed by atoms with van der Waals surface area (Å²) in [6, 6.07) is 3.80. The van der Waals surface area contributed by atoms with E-state index in [0.29, 0.717) is 31.6 Å². The van der Waals surface area contributed by atoms with Crippen molar-refractivity contribution in [2.75, 3.05) is 13.2 Å².